The predicted octanol–water partition coefficient (Wildman–Crippen LogP) is 9.16. The van der Waals surface area contributed by atoms with E-state index in [1.807, 2.05) is 11.3 Å². The molecule has 0 atom stereocenters. The Morgan fingerprint density at radius 1 is 0.485 bits per heavy atom. The van der Waals surface area contributed by atoms with Crippen LogP contribution in [0.3, 0.4) is 0 Å². The Hall–Kier alpha value is -3.20. The molecule has 2 heteroatoms. The highest BCUT2D eigenvalue weighted by Crippen LogP contribution is 2.64. The molecule has 5 aromatic carbocycles. The first kappa shape index (κ1) is 18.3. The Bertz CT molecular complexity index is 1740. The molecule has 8 rings (SSSR count). The van der Waals surface area contributed by atoms with Gasteiger partial charge in [0, 0.05) is 30.2 Å². The molecule has 0 bridgehead atoms. The van der Waals surface area contributed by atoms with E-state index in [1.54, 1.807) is 0 Å². The second-order valence-corrected chi connectivity index (χ2v) is 10.8. The average Bonchev–Trinajstić information content (AvgIpc) is 3.49. The Labute approximate surface area is 204 Å². The van der Waals surface area contributed by atoms with Gasteiger partial charge in [-0.2, -0.15) is 0 Å². The molecule has 1 aromatic heterocycles. The molecule has 0 unspecified atom stereocenters. The zero-order valence-corrected chi connectivity index (χ0v) is 20.0. The molecule has 0 saturated heterocycles. The normalized spacial score (nSPS) is 14.5. The summed E-state index contributed by atoms with van der Waals surface area (Å²) in [6, 6.07) is 38.4. The van der Waals surface area contributed by atoms with Gasteiger partial charge in [0.05, 0.1) is 5.41 Å². The van der Waals surface area contributed by atoms with Crippen LogP contribution in [0.15, 0.2) is 108 Å². The van der Waals surface area contributed by atoms with Crippen molar-refractivity contribution < 1.29 is 0 Å². The second-order valence-electron chi connectivity index (χ2n) is 8.97. The van der Waals surface area contributed by atoms with Crippen molar-refractivity contribution in [2.75, 3.05) is 0 Å². The Kier molecular flexibility index (Phi) is 3.44. The molecule has 6 aromatic rings. The molecule has 0 aliphatic heterocycles. The van der Waals surface area contributed by atoms with Gasteiger partial charge in [-0.15, -0.1) is 11.3 Å². The van der Waals surface area contributed by atoms with E-state index in [9.17, 15) is 0 Å². The van der Waals surface area contributed by atoms with Crippen molar-refractivity contribution in [1.82, 2.24) is 0 Å². The summed E-state index contributed by atoms with van der Waals surface area (Å²) in [6.45, 7) is 0. The third kappa shape index (κ3) is 2.04. The van der Waals surface area contributed by atoms with Crippen molar-refractivity contribution in [3.8, 4) is 22.3 Å². The summed E-state index contributed by atoms with van der Waals surface area (Å²) in [5.41, 5.74) is 10.8. The molecule has 154 valence electrons. The number of hydrogen-bond donors (Lipinski definition) is 0. The van der Waals surface area contributed by atoms with Crippen molar-refractivity contribution in [2.45, 2.75) is 5.41 Å². The van der Waals surface area contributed by atoms with E-state index >= 15 is 0 Å². The quantitative estimate of drug-likeness (QED) is 0.194. The van der Waals surface area contributed by atoms with Crippen molar-refractivity contribution in [2.24, 2.45) is 0 Å². The smallest absolute Gasteiger partial charge is 0.0726 e. The molecule has 0 N–H and O–H groups in total. The van der Waals surface area contributed by atoms with Crippen LogP contribution in [0.4, 0.5) is 0 Å². The van der Waals surface area contributed by atoms with E-state index in [0.29, 0.717) is 0 Å². The Balaban J connectivity index is 1.62. The molecule has 2 aliphatic rings. The summed E-state index contributed by atoms with van der Waals surface area (Å²) in [5.74, 6) is 0. The summed E-state index contributed by atoms with van der Waals surface area (Å²) in [4.78, 5) is 0. The third-order valence-electron chi connectivity index (χ3n) is 7.58. The first-order chi connectivity index (χ1) is 16.3. The van der Waals surface area contributed by atoms with Crippen LogP contribution in [0.2, 0.25) is 0 Å². The molecule has 0 fully saturated rings. The fraction of sp³-hybridized carbons (Fsp3) is 0.0323. The third-order valence-corrected chi connectivity index (χ3v) is 9.77. The maximum absolute atomic E-state index is 3.80. The molecule has 2 aliphatic carbocycles. The summed E-state index contributed by atoms with van der Waals surface area (Å²) in [5, 5.41) is 2.68. The van der Waals surface area contributed by atoms with Gasteiger partial charge in [0.2, 0.25) is 0 Å². The highest BCUT2D eigenvalue weighted by molar-refractivity contribution is 9.10. The standard InChI is InChI=1S/C31H17BrS/c32-27-15-7-11-20-21-16-17-26-28(30(21)33-29(20)27)22-10-3-6-14-25(22)31(26)23-12-4-1-8-18(23)19-9-2-5-13-24(19)31/h1-17H. The molecule has 1 heterocycles. The van der Waals surface area contributed by atoms with Crippen molar-refractivity contribution >= 4 is 47.4 Å². The van der Waals surface area contributed by atoms with Gasteiger partial charge in [-0.1, -0.05) is 97.1 Å². The highest BCUT2D eigenvalue weighted by Gasteiger charge is 2.51. The van der Waals surface area contributed by atoms with Gasteiger partial charge < -0.3 is 0 Å². The van der Waals surface area contributed by atoms with Crippen LogP contribution in [0.5, 0.6) is 0 Å². The fourth-order valence-electron chi connectivity index (χ4n) is 6.40. The van der Waals surface area contributed by atoms with Crippen molar-refractivity contribution in [3.63, 3.8) is 0 Å². The number of fused-ring (bicyclic) bond motifs is 14. The lowest BCUT2D eigenvalue weighted by Gasteiger charge is -2.30. The number of halogens is 1. The fourth-order valence-corrected chi connectivity index (χ4v) is 8.27. The molecule has 0 radical (unpaired) electrons. The lowest BCUT2D eigenvalue weighted by Crippen LogP contribution is -2.25. The molecule has 0 nitrogen and oxygen atoms in total. The van der Waals surface area contributed by atoms with Gasteiger partial charge in [-0.25, -0.2) is 0 Å². The predicted molar refractivity (Wildman–Crippen MR) is 143 cm³/mol. The van der Waals surface area contributed by atoms with Crippen LogP contribution in [0, 0.1) is 0 Å². The minimum Gasteiger partial charge on any atom is -0.133 e. The van der Waals surface area contributed by atoms with E-state index in [4.69, 9.17) is 0 Å². The first-order valence-corrected chi connectivity index (χ1v) is 12.8. The number of thiophene rings is 1. The highest BCUT2D eigenvalue weighted by atomic mass is 79.9. The summed E-state index contributed by atoms with van der Waals surface area (Å²) < 4.78 is 3.89. The number of benzene rings is 5. The summed E-state index contributed by atoms with van der Waals surface area (Å²) in [7, 11) is 0. The van der Waals surface area contributed by atoms with E-state index in [0.717, 1.165) is 0 Å². The lowest BCUT2D eigenvalue weighted by atomic mass is 9.70. The molecule has 0 amide bonds. The Morgan fingerprint density at radius 3 is 1.76 bits per heavy atom. The van der Waals surface area contributed by atoms with Crippen LogP contribution in [0.1, 0.15) is 22.3 Å². The van der Waals surface area contributed by atoms with Gasteiger partial charge in [0.15, 0.2) is 0 Å². The second kappa shape index (κ2) is 6.22. The van der Waals surface area contributed by atoms with Crippen LogP contribution in [0.25, 0.3) is 42.4 Å². The monoisotopic (exact) mass is 500 g/mol. The van der Waals surface area contributed by atoms with Crippen LogP contribution >= 0.6 is 27.3 Å². The van der Waals surface area contributed by atoms with Crippen molar-refractivity contribution in [1.29, 1.82) is 0 Å². The van der Waals surface area contributed by atoms with Crippen LogP contribution in [-0.2, 0) is 5.41 Å². The summed E-state index contributed by atoms with van der Waals surface area (Å²) >= 11 is 5.72. The number of rotatable bonds is 0. The van der Waals surface area contributed by atoms with E-state index in [-0.39, 0.29) is 5.41 Å². The minimum atomic E-state index is -0.263. The van der Waals surface area contributed by atoms with Crippen LogP contribution < -0.4 is 0 Å². The minimum absolute atomic E-state index is 0.263. The molecule has 33 heavy (non-hydrogen) atoms. The van der Waals surface area contributed by atoms with Gasteiger partial charge in [-0.3, -0.25) is 0 Å². The molecule has 0 saturated carbocycles. The maximum Gasteiger partial charge on any atom is 0.0726 e. The van der Waals surface area contributed by atoms with Gasteiger partial charge in [0.25, 0.3) is 0 Å². The summed E-state index contributed by atoms with van der Waals surface area (Å²) in [6.07, 6.45) is 0. The average molecular weight is 501 g/mol. The molecule has 1 spiro atoms. The molecular weight excluding hydrogens is 484 g/mol. The van der Waals surface area contributed by atoms with Crippen LogP contribution in [-0.4, -0.2) is 0 Å². The molecular formula is C31H17BrS. The number of hydrogen-bond acceptors (Lipinski definition) is 1. The van der Waals surface area contributed by atoms with E-state index in [2.05, 4.69) is 119 Å². The van der Waals surface area contributed by atoms with Crippen molar-refractivity contribution in [3.05, 3.63) is 130 Å². The van der Waals surface area contributed by atoms with Gasteiger partial charge in [-0.05, 0) is 60.9 Å². The first-order valence-electron chi connectivity index (χ1n) is 11.2. The zero-order valence-electron chi connectivity index (χ0n) is 17.6. The Morgan fingerprint density at radius 2 is 1.06 bits per heavy atom. The van der Waals surface area contributed by atoms with Gasteiger partial charge in [0.1, 0.15) is 0 Å². The largest absolute Gasteiger partial charge is 0.133 e. The van der Waals surface area contributed by atoms with E-state index in [1.165, 1.54) is 69.2 Å². The maximum atomic E-state index is 3.80. The lowest BCUT2D eigenvalue weighted by molar-refractivity contribution is 0.794. The zero-order chi connectivity index (χ0) is 21.7. The van der Waals surface area contributed by atoms with Gasteiger partial charge >= 0.3 is 0 Å². The SMILES string of the molecule is Brc1cccc2c1sc1c3c(ccc12)C1(c2ccccc2-c2ccccc21)c1ccccc1-3. The van der Waals surface area contributed by atoms with E-state index < -0.39 is 0 Å². The topological polar surface area (TPSA) is 0 Å².